The van der Waals surface area contributed by atoms with Gasteiger partial charge in [0.1, 0.15) is 41.7 Å². The van der Waals surface area contributed by atoms with E-state index in [4.69, 9.17) is 92.9 Å². The predicted molar refractivity (Wildman–Crippen MR) is 268 cm³/mol. The number of aromatic hydroxyl groups is 3. The van der Waals surface area contributed by atoms with E-state index in [9.17, 15) is 24.3 Å². The second-order valence-corrected chi connectivity index (χ2v) is 18.7. The molecule has 0 radical (unpaired) electrons. The number of aryl methyl sites for hydroxylation is 1. The standard InChI is InChI=1S/C18H15NO5.C13H18N2O2.C11H14Cl3NO5.C7H8O2.CO2/c1-11-15(20)8-7-13-9-14(17(21)24-16(11)13)19-18(22)23-10-12-5-3-2-4-6-12;1-11(9-15(2)3)14-13(16)17-10-12-7-5-4-6-8-12;1-4-5-6(18-9(16)17-5)7(20-10(4,2)3)19-8(15)11(12,13)14;1-5-6(8)3-2-4-7(5)9;2-1-3/h2-9,20H,10H2,1H3,(H,19,22);4-9H,10H2,1-3H3,(H,14,16);4-7,15H,1-3H3;2-4,8-9H,1H3;/b;11-9-;;;/t;;4-,5-,6-,7?;;/m..1../s1. The number of nitrogens with one attached hydrogen (secondary N) is 3. The largest absolute Gasteiger partial charge is 0.509 e. The van der Waals surface area contributed by atoms with Gasteiger partial charge in [0.2, 0.25) is 18.3 Å². The molecule has 2 saturated heterocycles. The summed E-state index contributed by atoms with van der Waals surface area (Å²) < 4.78 is 34.4. The van der Waals surface area contributed by atoms with Gasteiger partial charge in [0.05, 0.1) is 5.60 Å². The van der Waals surface area contributed by atoms with Gasteiger partial charge in [-0.1, -0.05) is 108 Å². The Morgan fingerprint density at radius 2 is 1.32 bits per heavy atom. The quantitative estimate of drug-likeness (QED) is 0.0210. The van der Waals surface area contributed by atoms with Crippen molar-refractivity contribution in [3.63, 3.8) is 0 Å². The summed E-state index contributed by atoms with van der Waals surface area (Å²) in [6, 6.07) is 28.0. The lowest BCUT2D eigenvalue weighted by atomic mass is 9.82. The summed E-state index contributed by atoms with van der Waals surface area (Å²) >= 11 is 16.7. The van der Waals surface area contributed by atoms with E-state index in [1.165, 1.54) is 24.3 Å². The van der Waals surface area contributed by atoms with Crippen LogP contribution in [0.3, 0.4) is 0 Å². The number of hydrogen-bond donors (Lipinski definition) is 6. The zero-order chi connectivity index (χ0) is 54.6. The summed E-state index contributed by atoms with van der Waals surface area (Å²) in [6.45, 7) is 11.0. The number of hydrogen-bond acceptors (Lipinski definition) is 18. The van der Waals surface area contributed by atoms with Crippen molar-refractivity contribution in [2.24, 2.45) is 5.92 Å². The fourth-order valence-corrected chi connectivity index (χ4v) is 6.48. The molecule has 73 heavy (non-hydrogen) atoms. The van der Waals surface area contributed by atoms with Gasteiger partial charge in [-0.15, -0.1) is 0 Å². The van der Waals surface area contributed by atoms with Crippen molar-refractivity contribution < 1.29 is 72.1 Å². The Kier molecular flexibility index (Phi) is 22.9. The van der Waals surface area contributed by atoms with Gasteiger partial charge in [0, 0.05) is 48.4 Å². The van der Waals surface area contributed by atoms with Gasteiger partial charge in [-0.3, -0.25) is 16.0 Å². The van der Waals surface area contributed by atoms with Crippen LogP contribution in [0.2, 0.25) is 0 Å². The molecule has 5 aromatic rings. The molecule has 2 aliphatic heterocycles. The molecule has 7 rings (SSSR count). The average Bonchev–Trinajstić information content (AvgIpc) is 3.73. The maximum absolute atomic E-state index is 12.0. The number of anilines is 1. The third-order valence-corrected chi connectivity index (χ3v) is 10.9. The van der Waals surface area contributed by atoms with Crippen LogP contribution in [0.25, 0.3) is 11.0 Å². The fourth-order valence-electron chi connectivity index (χ4n) is 6.35. The van der Waals surface area contributed by atoms with Crippen molar-refractivity contribution in [1.29, 1.82) is 5.41 Å². The topological polar surface area (TPSA) is 283 Å². The van der Waals surface area contributed by atoms with Crippen LogP contribution in [0.15, 0.2) is 118 Å². The lowest BCUT2D eigenvalue weighted by Crippen LogP contribution is -2.58. The number of benzene rings is 4. The molecule has 2 aliphatic rings. The van der Waals surface area contributed by atoms with Crippen LogP contribution in [0, 0.1) is 25.2 Å². The van der Waals surface area contributed by atoms with E-state index in [1.807, 2.05) is 114 Å². The zero-order valence-electron chi connectivity index (χ0n) is 40.8. The van der Waals surface area contributed by atoms with Gasteiger partial charge in [-0.05, 0) is 76.1 Å². The number of phenols is 3. The summed E-state index contributed by atoms with van der Waals surface area (Å²) in [5, 5.41) is 40.7. The third-order valence-electron chi connectivity index (χ3n) is 10.4. The van der Waals surface area contributed by atoms with Gasteiger partial charge in [-0.25, -0.2) is 19.2 Å². The van der Waals surface area contributed by atoms with E-state index in [2.05, 4.69) is 10.6 Å². The number of halogens is 3. The summed E-state index contributed by atoms with van der Waals surface area (Å²) in [7, 11) is 3.78. The first kappa shape index (κ1) is 59.8. The Hall–Kier alpha value is -7.48. The molecular weight excluding hydrogens is 1020 g/mol. The fraction of sp³-hybridized carbons (Fsp3) is 0.320. The molecule has 4 atom stereocenters. The second-order valence-electron chi connectivity index (χ2n) is 16.5. The number of ether oxygens (including phenoxy) is 6. The third kappa shape index (κ3) is 19.2. The molecule has 6 N–H and O–H groups in total. The van der Waals surface area contributed by atoms with Crippen LogP contribution in [-0.2, 0) is 51.2 Å². The molecule has 0 bridgehead atoms. The first-order chi connectivity index (χ1) is 34.3. The van der Waals surface area contributed by atoms with Gasteiger partial charge >= 0.3 is 30.1 Å². The lowest BCUT2D eigenvalue weighted by Gasteiger charge is -2.44. The summed E-state index contributed by atoms with van der Waals surface area (Å²) in [5.41, 5.74) is 2.42. The highest BCUT2D eigenvalue weighted by molar-refractivity contribution is 6.76. The molecule has 2 fully saturated rings. The van der Waals surface area contributed by atoms with Crippen LogP contribution in [0.4, 0.5) is 20.1 Å². The summed E-state index contributed by atoms with van der Waals surface area (Å²) in [5.74, 6) is -0.432. The summed E-state index contributed by atoms with van der Waals surface area (Å²) in [6.07, 6.45) is -2.35. The monoisotopic (exact) mass is 1070 g/mol. The van der Waals surface area contributed by atoms with Crippen molar-refractivity contribution in [2.45, 2.75) is 82.6 Å². The highest BCUT2D eigenvalue weighted by atomic mass is 35.6. The van der Waals surface area contributed by atoms with Crippen molar-refractivity contribution in [3.05, 3.63) is 142 Å². The number of allylic oxidation sites excluding steroid dienone is 1. The molecule has 1 aromatic heterocycles. The number of carbonyl (C=O) groups excluding carboxylic acids is 5. The number of amides is 2. The molecule has 2 amide bonds. The minimum Gasteiger partial charge on any atom is -0.508 e. The molecule has 3 heterocycles. The molecule has 0 saturated carbocycles. The van der Waals surface area contributed by atoms with E-state index in [-0.39, 0.29) is 53.8 Å². The van der Waals surface area contributed by atoms with Crippen LogP contribution in [-0.4, -0.2) is 92.6 Å². The van der Waals surface area contributed by atoms with E-state index < -0.39 is 57.8 Å². The highest BCUT2D eigenvalue weighted by Gasteiger charge is 2.57. The maximum atomic E-state index is 12.0. The van der Waals surface area contributed by atoms with E-state index in [1.54, 1.807) is 26.0 Å². The predicted octanol–water partition coefficient (Wildman–Crippen LogP) is 9.74. The Labute approximate surface area is 434 Å². The first-order valence-corrected chi connectivity index (χ1v) is 22.8. The Morgan fingerprint density at radius 1 is 0.808 bits per heavy atom. The maximum Gasteiger partial charge on any atom is 0.509 e. The van der Waals surface area contributed by atoms with Crippen LogP contribution >= 0.6 is 34.8 Å². The van der Waals surface area contributed by atoms with Gasteiger partial charge < -0.3 is 53.1 Å². The van der Waals surface area contributed by atoms with Crippen LogP contribution in [0.5, 0.6) is 17.2 Å². The van der Waals surface area contributed by atoms with E-state index in [0.717, 1.165) is 16.8 Å². The SMILES string of the molecule is C/C(=C/N(C)C)NC(=O)OCc1ccccc1.C[C@@H]1[C@H]2OC(=O)O[C@H]2C(OC(=N)C(Cl)(Cl)Cl)OC1(C)C.Cc1c(O)ccc2cc(NC(=O)OCc3ccccc3)c(=O)oc12.Cc1c(O)cccc1O.O=C=O. The molecule has 1 unspecified atom stereocenters. The number of alkyl halides is 3. The Bertz CT molecular complexity index is 2760. The molecule has 23 heteroatoms. The Morgan fingerprint density at radius 3 is 1.82 bits per heavy atom. The smallest absolute Gasteiger partial charge is 0.508 e. The minimum atomic E-state index is -2.02. The molecule has 4 aromatic carbocycles. The Balaban J connectivity index is 0.000000262. The van der Waals surface area contributed by atoms with Gasteiger partial charge in [0.15, 0.2) is 6.10 Å². The highest BCUT2D eigenvalue weighted by Crippen LogP contribution is 2.41. The zero-order valence-corrected chi connectivity index (χ0v) is 43.0. The molecule has 20 nitrogen and oxygen atoms in total. The number of carbonyl (C=O) groups is 3. The molecule has 392 valence electrons. The normalized spacial score (nSPS) is 17.1. The van der Waals surface area contributed by atoms with Crippen LogP contribution in [0.1, 0.15) is 49.9 Å². The van der Waals surface area contributed by atoms with Crippen LogP contribution < -0.4 is 16.3 Å². The average molecular weight is 1070 g/mol. The second kappa shape index (κ2) is 27.9. The molecule has 0 spiro atoms. The van der Waals surface area contributed by atoms with Gasteiger partial charge in [-0.2, -0.15) is 9.59 Å². The lowest BCUT2D eigenvalue weighted by molar-refractivity contribution is -0.265. The number of phenolic OH excluding ortho intramolecular Hbond substituents is 3. The molecular formula is C50H55Cl3N4O16. The number of nitrogens with zero attached hydrogens (tertiary/aromatic N) is 1. The van der Waals surface area contributed by atoms with Crippen molar-refractivity contribution in [1.82, 2.24) is 10.2 Å². The van der Waals surface area contributed by atoms with Crippen molar-refractivity contribution in [2.75, 3.05) is 19.4 Å². The minimum absolute atomic E-state index is 0.0225. The van der Waals surface area contributed by atoms with Crippen molar-refractivity contribution >= 4 is 81.9 Å². The number of fused-ring (bicyclic) bond motifs is 2. The number of rotatable bonds is 8. The van der Waals surface area contributed by atoms with Gasteiger partial charge in [0.25, 0.3) is 3.79 Å². The molecule has 0 aliphatic carbocycles. The van der Waals surface area contributed by atoms with E-state index >= 15 is 0 Å². The van der Waals surface area contributed by atoms with Crippen molar-refractivity contribution in [3.8, 4) is 17.2 Å². The first-order valence-electron chi connectivity index (χ1n) is 21.7. The summed E-state index contributed by atoms with van der Waals surface area (Å²) in [4.78, 5) is 64.7. The van der Waals surface area contributed by atoms with E-state index in [0.29, 0.717) is 16.5 Å². The number of alkyl carbamates (subject to hydrolysis) is 1.